The molecule has 0 aliphatic heterocycles. The van der Waals surface area contributed by atoms with E-state index in [1.165, 1.54) is 10.9 Å². The molecule has 6 heteroatoms. The Hall–Kier alpha value is -2.08. The third-order valence-corrected chi connectivity index (χ3v) is 4.01. The average Bonchev–Trinajstić information content (AvgIpc) is 3.07. The van der Waals surface area contributed by atoms with E-state index in [4.69, 9.17) is 9.52 Å². The first-order valence-electron chi connectivity index (χ1n) is 6.10. The van der Waals surface area contributed by atoms with Crippen molar-refractivity contribution >= 4 is 23.2 Å². The second-order valence-electron chi connectivity index (χ2n) is 4.55. The fraction of sp³-hybridized carbons (Fsp3) is 0.286. The lowest BCUT2D eigenvalue weighted by molar-refractivity contribution is 0.0692. The fourth-order valence-corrected chi connectivity index (χ4v) is 2.62. The van der Waals surface area contributed by atoms with Gasteiger partial charge in [0.25, 0.3) is 5.91 Å². The van der Waals surface area contributed by atoms with Gasteiger partial charge in [-0.25, -0.2) is 4.79 Å². The highest BCUT2D eigenvalue weighted by Crippen LogP contribution is 2.16. The van der Waals surface area contributed by atoms with Gasteiger partial charge in [-0.2, -0.15) is 0 Å². The molecule has 2 rings (SSSR count). The molecular formula is C14H15NO4S. The summed E-state index contributed by atoms with van der Waals surface area (Å²) in [5.41, 5.74) is -0.0207. The second-order valence-corrected chi connectivity index (χ2v) is 5.59. The van der Waals surface area contributed by atoms with Crippen LogP contribution in [0.4, 0.5) is 0 Å². The maximum Gasteiger partial charge on any atom is 0.338 e. The standard InChI is InChI=1S/C14H15NO4S/c1-9(6-11-4-3-5-20-11)15(2)13(16)12-7-10(8-19-12)14(17)18/h3-5,7-9H,6H2,1-2H3,(H,17,18). The number of furan rings is 1. The van der Waals surface area contributed by atoms with Crippen molar-refractivity contribution in [3.05, 3.63) is 46.0 Å². The van der Waals surface area contributed by atoms with E-state index in [1.807, 2.05) is 24.4 Å². The van der Waals surface area contributed by atoms with E-state index in [0.717, 1.165) is 12.7 Å². The molecule has 0 aliphatic rings. The van der Waals surface area contributed by atoms with Gasteiger partial charge in [0, 0.05) is 30.5 Å². The lowest BCUT2D eigenvalue weighted by atomic mass is 10.1. The van der Waals surface area contributed by atoms with E-state index >= 15 is 0 Å². The number of aromatic carboxylic acids is 1. The molecule has 2 aromatic heterocycles. The average molecular weight is 293 g/mol. The summed E-state index contributed by atoms with van der Waals surface area (Å²) in [5.74, 6) is -1.38. The molecule has 1 amide bonds. The van der Waals surface area contributed by atoms with Gasteiger partial charge in [0.05, 0.1) is 5.56 Å². The SMILES string of the molecule is CC(Cc1cccs1)N(C)C(=O)c1cc(C(=O)O)co1. The quantitative estimate of drug-likeness (QED) is 0.920. The van der Waals surface area contributed by atoms with Crippen LogP contribution >= 0.6 is 11.3 Å². The first kappa shape index (κ1) is 14.3. The third-order valence-electron chi connectivity index (χ3n) is 3.12. The Labute approximate surface area is 120 Å². The Balaban J connectivity index is 2.05. The van der Waals surface area contributed by atoms with Crippen molar-refractivity contribution in [1.82, 2.24) is 4.90 Å². The number of nitrogens with zero attached hydrogens (tertiary/aromatic N) is 1. The second kappa shape index (κ2) is 5.92. The molecular weight excluding hydrogens is 278 g/mol. The van der Waals surface area contributed by atoms with Crippen LogP contribution in [0.3, 0.4) is 0 Å². The number of carbonyl (C=O) groups is 2. The molecule has 0 bridgehead atoms. The molecule has 0 spiro atoms. The smallest absolute Gasteiger partial charge is 0.338 e. The molecule has 0 aliphatic carbocycles. The maximum atomic E-state index is 12.2. The molecule has 0 saturated carbocycles. The van der Waals surface area contributed by atoms with Gasteiger partial charge >= 0.3 is 5.97 Å². The number of carboxylic acids is 1. The Morgan fingerprint density at radius 1 is 1.50 bits per heavy atom. The highest BCUT2D eigenvalue weighted by molar-refractivity contribution is 7.09. The van der Waals surface area contributed by atoms with Crippen LogP contribution in [0, 0.1) is 0 Å². The van der Waals surface area contributed by atoms with Crippen molar-refractivity contribution in [2.75, 3.05) is 7.05 Å². The summed E-state index contributed by atoms with van der Waals surface area (Å²) in [4.78, 5) is 25.7. The minimum Gasteiger partial charge on any atom is -0.478 e. The van der Waals surface area contributed by atoms with Crippen LogP contribution in [0.1, 0.15) is 32.7 Å². The lowest BCUT2D eigenvalue weighted by Crippen LogP contribution is -2.36. The molecule has 20 heavy (non-hydrogen) atoms. The number of carboxylic acid groups (broad SMARTS) is 1. The number of hydrogen-bond acceptors (Lipinski definition) is 4. The van der Waals surface area contributed by atoms with Crippen molar-refractivity contribution in [3.63, 3.8) is 0 Å². The van der Waals surface area contributed by atoms with Crippen molar-refractivity contribution in [1.29, 1.82) is 0 Å². The van der Waals surface area contributed by atoms with E-state index < -0.39 is 5.97 Å². The molecule has 0 fully saturated rings. The summed E-state index contributed by atoms with van der Waals surface area (Å²) >= 11 is 1.65. The molecule has 2 heterocycles. The van der Waals surface area contributed by atoms with E-state index in [-0.39, 0.29) is 23.3 Å². The summed E-state index contributed by atoms with van der Waals surface area (Å²) in [6, 6.07) is 5.24. The molecule has 0 aromatic carbocycles. The van der Waals surface area contributed by atoms with Gasteiger partial charge < -0.3 is 14.4 Å². The van der Waals surface area contributed by atoms with Gasteiger partial charge in [-0.3, -0.25) is 4.79 Å². The molecule has 5 nitrogen and oxygen atoms in total. The van der Waals surface area contributed by atoms with Crippen LogP contribution in [0.25, 0.3) is 0 Å². The Morgan fingerprint density at radius 2 is 2.25 bits per heavy atom. The van der Waals surface area contributed by atoms with Crippen molar-refractivity contribution < 1.29 is 19.1 Å². The number of likely N-dealkylation sites (N-methyl/N-ethyl adjacent to an activating group) is 1. The van der Waals surface area contributed by atoms with Crippen LogP contribution < -0.4 is 0 Å². The van der Waals surface area contributed by atoms with E-state index in [9.17, 15) is 9.59 Å². The molecule has 2 aromatic rings. The summed E-state index contributed by atoms with van der Waals surface area (Å²) in [7, 11) is 1.68. The molecule has 0 saturated heterocycles. The summed E-state index contributed by atoms with van der Waals surface area (Å²) < 4.78 is 5.02. The monoisotopic (exact) mass is 293 g/mol. The molecule has 1 unspecified atom stereocenters. The predicted molar refractivity (Wildman–Crippen MR) is 75.2 cm³/mol. The molecule has 0 radical (unpaired) electrons. The van der Waals surface area contributed by atoms with Crippen molar-refractivity contribution in [3.8, 4) is 0 Å². The molecule has 106 valence electrons. The zero-order valence-corrected chi connectivity index (χ0v) is 12.0. The van der Waals surface area contributed by atoms with Gasteiger partial charge in [-0.1, -0.05) is 6.07 Å². The largest absolute Gasteiger partial charge is 0.478 e. The van der Waals surface area contributed by atoms with E-state index in [1.54, 1.807) is 23.3 Å². The third kappa shape index (κ3) is 3.08. The van der Waals surface area contributed by atoms with Crippen LogP contribution in [-0.4, -0.2) is 35.0 Å². The first-order valence-corrected chi connectivity index (χ1v) is 6.98. The Morgan fingerprint density at radius 3 is 2.80 bits per heavy atom. The molecule has 1 N–H and O–H groups in total. The topological polar surface area (TPSA) is 70.8 Å². The van der Waals surface area contributed by atoms with Crippen molar-refractivity contribution in [2.45, 2.75) is 19.4 Å². The van der Waals surface area contributed by atoms with Gasteiger partial charge in [-0.05, 0) is 18.4 Å². The van der Waals surface area contributed by atoms with Crippen LogP contribution in [0.2, 0.25) is 0 Å². The number of thiophene rings is 1. The number of amides is 1. The minimum atomic E-state index is -1.11. The van der Waals surface area contributed by atoms with Gasteiger partial charge in [0.2, 0.25) is 0 Å². The van der Waals surface area contributed by atoms with Crippen molar-refractivity contribution in [2.24, 2.45) is 0 Å². The number of rotatable bonds is 5. The van der Waals surface area contributed by atoms with Crippen LogP contribution in [0.15, 0.2) is 34.3 Å². The molecule has 1 atom stereocenters. The fourth-order valence-electron chi connectivity index (χ4n) is 1.79. The lowest BCUT2D eigenvalue weighted by Gasteiger charge is -2.23. The summed E-state index contributed by atoms with van der Waals surface area (Å²) in [5, 5.41) is 10.8. The zero-order chi connectivity index (χ0) is 14.7. The normalized spacial score (nSPS) is 12.1. The van der Waals surface area contributed by atoms with Gasteiger partial charge in [0.1, 0.15) is 6.26 Å². The van der Waals surface area contributed by atoms with Gasteiger partial charge in [-0.15, -0.1) is 11.3 Å². The van der Waals surface area contributed by atoms with Crippen LogP contribution in [0.5, 0.6) is 0 Å². The number of hydrogen-bond donors (Lipinski definition) is 1. The first-order chi connectivity index (χ1) is 9.49. The van der Waals surface area contributed by atoms with Crippen LogP contribution in [-0.2, 0) is 6.42 Å². The number of carbonyl (C=O) groups excluding carboxylic acids is 1. The minimum absolute atomic E-state index is 0.000437. The Bertz CT molecular complexity index is 602. The highest BCUT2D eigenvalue weighted by atomic mass is 32.1. The predicted octanol–water partition coefficient (Wildman–Crippen LogP) is 2.74. The van der Waals surface area contributed by atoms with Gasteiger partial charge in [0.15, 0.2) is 5.76 Å². The summed E-state index contributed by atoms with van der Waals surface area (Å²) in [6.07, 6.45) is 1.83. The highest BCUT2D eigenvalue weighted by Gasteiger charge is 2.22. The maximum absolute atomic E-state index is 12.2. The Kier molecular flexibility index (Phi) is 4.24. The summed E-state index contributed by atoms with van der Waals surface area (Å²) in [6.45, 7) is 1.94. The van der Waals surface area contributed by atoms with E-state index in [0.29, 0.717) is 0 Å². The van der Waals surface area contributed by atoms with E-state index in [2.05, 4.69) is 0 Å². The zero-order valence-electron chi connectivity index (χ0n) is 11.2.